The Labute approximate surface area is 110 Å². The molecule has 1 fully saturated rings. The van der Waals surface area contributed by atoms with Gasteiger partial charge in [-0.25, -0.2) is 0 Å². The summed E-state index contributed by atoms with van der Waals surface area (Å²) in [5, 5.41) is 0. The molecule has 2 atom stereocenters. The number of Topliss-reactive ketones (excluding diaryl/α,β-unsaturated/α-hetero) is 1. The molecule has 0 aromatic heterocycles. The van der Waals surface area contributed by atoms with E-state index in [0.29, 0.717) is 12.3 Å². The molecular weight excluding hydrogens is 220 g/mol. The number of hydrogen-bond donors (Lipinski definition) is 0. The molecule has 1 heteroatoms. The maximum atomic E-state index is 11.1. The van der Waals surface area contributed by atoms with E-state index in [1.807, 2.05) is 0 Å². The van der Waals surface area contributed by atoms with Crippen LogP contribution in [-0.2, 0) is 16.6 Å². The summed E-state index contributed by atoms with van der Waals surface area (Å²) in [6.45, 7) is 10.4. The van der Waals surface area contributed by atoms with Crippen molar-refractivity contribution >= 4 is 5.78 Å². The lowest BCUT2D eigenvalue weighted by Gasteiger charge is -2.30. The fraction of sp³-hybridized carbons (Fsp3) is 0.471. The predicted molar refractivity (Wildman–Crippen MR) is 75.7 cm³/mol. The average Bonchev–Trinajstić information content (AvgIpc) is 2.58. The van der Waals surface area contributed by atoms with Crippen molar-refractivity contribution in [3.8, 4) is 0 Å². The fourth-order valence-corrected chi connectivity index (χ4v) is 2.99. The van der Waals surface area contributed by atoms with Crippen molar-refractivity contribution < 1.29 is 4.79 Å². The molecule has 1 aliphatic rings. The van der Waals surface area contributed by atoms with Crippen LogP contribution in [0.2, 0.25) is 0 Å². The standard InChI is InChI=1S/C17H22O/c1-12-9-10-17(4,14(12)3)16-7-5-15(6-8-16)11-13(2)18/h5-8,14H,1,9-11H2,2-4H3. The van der Waals surface area contributed by atoms with Crippen LogP contribution in [0.15, 0.2) is 36.4 Å². The summed E-state index contributed by atoms with van der Waals surface area (Å²) in [5.74, 6) is 0.757. The van der Waals surface area contributed by atoms with Gasteiger partial charge < -0.3 is 0 Å². The monoisotopic (exact) mass is 242 g/mol. The molecule has 1 nitrogen and oxygen atoms in total. The van der Waals surface area contributed by atoms with Crippen molar-refractivity contribution in [1.82, 2.24) is 0 Å². The number of benzene rings is 1. The number of rotatable bonds is 3. The first-order chi connectivity index (χ1) is 8.43. The van der Waals surface area contributed by atoms with E-state index in [1.165, 1.54) is 17.6 Å². The maximum Gasteiger partial charge on any atom is 0.134 e. The predicted octanol–water partition coefficient (Wildman–Crippen LogP) is 4.06. The summed E-state index contributed by atoms with van der Waals surface area (Å²) in [4.78, 5) is 11.1. The van der Waals surface area contributed by atoms with Gasteiger partial charge in [0.2, 0.25) is 0 Å². The molecule has 0 N–H and O–H groups in total. The molecule has 0 spiro atoms. The minimum atomic E-state index is 0.214. The molecule has 1 aromatic carbocycles. The highest BCUT2D eigenvalue weighted by atomic mass is 16.1. The third kappa shape index (κ3) is 2.27. The zero-order valence-corrected chi connectivity index (χ0v) is 11.6. The van der Waals surface area contributed by atoms with Crippen LogP contribution in [0.4, 0.5) is 0 Å². The van der Waals surface area contributed by atoms with Gasteiger partial charge in [0, 0.05) is 6.42 Å². The van der Waals surface area contributed by atoms with Gasteiger partial charge in [-0.05, 0) is 42.2 Å². The van der Waals surface area contributed by atoms with Crippen molar-refractivity contribution in [2.45, 2.75) is 45.4 Å². The van der Waals surface area contributed by atoms with Crippen LogP contribution >= 0.6 is 0 Å². The van der Waals surface area contributed by atoms with Gasteiger partial charge >= 0.3 is 0 Å². The normalized spacial score (nSPS) is 27.5. The largest absolute Gasteiger partial charge is 0.300 e. The van der Waals surface area contributed by atoms with E-state index in [-0.39, 0.29) is 11.2 Å². The second-order valence-electron chi connectivity index (χ2n) is 5.87. The number of allylic oxidation sites excluding steroid dienone is 1. The lowest BCUT2D eigenvalue weighted by Crippen LogP contribution is -2.25. The second kappa shape index (κ2) is 4.72. The Bertz CT molecular complexity index is 469. The first kappa shape index (κ1) is 13.1. The number of ketones is 1. The quantitative estimate of drug-likeness (QED) is 0.730. The van der Waals surface area contributed by atoms with E-state index in [4.69, 9.17) is 0 Å². The molecule has 0 amide bonds. The topological polar surface area (TPSA) is 17.1 Å². The zero-order valence-electron chi connectivity index (χ0n) is 11.6. The molecule has 1 saturated carbocycles. The third-order valence-electron chi connectivity index (χ3n) is 4.60. The average molecular weight is 242 g/mol. The van der Waals surface area contributed by atoms with Crippen molar-refractivity contribution in [1.29, 1.82) is 0 Å². The van der Waals surface area contributed by atoms with Crippen LogP contribution in [0.1, 0.15) is 44.7 Å². The van der Waals surface area contributed by atoms with E-state index in [9.17, 15) is 4.79 Å². The van der Waals surface area contributed by atoms with Crippen molar-refractivity contribution in [2.24, 2.45) is 5.92 Å². The summed E-state index contributed by atoms with van der Waals surface area (Å²) in [6.07, 6.45) is 2.85. The lowest BCUT2D eigenvalue weighted by atomic mass is 9.74. The van der Waals surface area contributed by atoms with Crippen LogP contribution in [0.25, 0.3) is 0 Å². The van der Waals surface area contributed by atoms with Crippen LogP contribution in [-0.4, -0.2) is 5.78 Å². The van der Waals surface area contributed by atoms with Gasteiger partial charge in [0.05, 0.1) is 0 Å². The Morgan fingerprint density at radius 1 is 1.39 bits per heavy atom. The van der Waals surface area contributed by atoms with E-state index in [1.54, 1.807) is 6.92 Å². The van der Waals surface area contributed by atoms with E-state index in [2.05, 4.69) is 44.7 Å². The van der Waals surface area contributed by atoms with Crippen LogP contribution in [0, 0.1) is 5.92 Å². The first-order valence-electron chi connectivity index (χ1n) is 6.70. The molecular formula is C17H22O. The van der Waals surface area contributed by atoms with Crippen LogP contribution < -0.4 is 0 Å². The van der Waals surface area contributed by atoms with E-state index in [0.717, 1.165) is 12.0 Å². The number of carbonyl (C=O) groups is 1. The molecule has 0 bridgehead atoms. The van der Waals surface area contributed by atoms with Crippen molar-refractivity contribution in [3.05, 3.63) is 47.5 Å². The third-order valence-corrected chi connectivity index (χ3v) is 4.60. The Hall–Kier alpha value is -1.37. The molecule has 0 aliphatic heterocycles. The molecule has 96 valence electrons. The summed E-state index contributed by atoms with van der Waals surface area (Å²) in [5.41, 5.74) is 4.07. The first-order valence-corrected chi connectivity index (χ1v) is 6.70. The molecule has 18 heavy (non-hydrogen) atoms. The molecule has 0 radical (unpaired) electrons. The summed E-state index contributed by atoms with van der Waals surface area (Å²) < 4.78 is 0. The van der Waals surface area contributed by atoms with Gasteiger partial charge in [-0.1, -0.05) is 50.3 Å². The smallest absolute Gasteiger partial charge is 0.134 e. The van der Waals surface area contributed by atoms with Gasteiger partial charge in [-0.15, -0.1) is 0 Å². The molecule has 2 rings (SSSR count). The maximum absolute atomic E-state index is 11.1. The summed E-state index contributed by atoms with van der Waals surface area (Å²) in [7, 11) is 0. The van der Waals surface area contributed by atoms with Crippen LogP contribution in [0.3, 0.4) is 0 Å². The highest BCUT2D eigenvalue weighted by Crippen LogP contribution is 2.47. The highest BCUT2D eigenvalue weighted by Gasteiger charge is 2.39. The van der Waals surface area contributed by atoms with Gasteiger partial charge in [0.25, 0.3) is 0 Å². The minimum Gasteiger partial charge on any atom is -0.300 e. The Kier molecular flexibility index (Phi) is 3.43. The molecule has 1 aromatic rings. The lowest BCUT2D eigenvalue weighted by molar-refractivity contribution is -0.116. The number of hydrogen-bond acceptors (Lipinski definition) is 1. The van der Waals surface area contributed by atoms with E-state index < -0.39 is 0 Å². The van der Waals surface area contributed by atoms with Crippen molar-refractivity contribution in [3.63, 3.8) is 0 Å². The summed E-state index contributed by atoms with van der Waals surface area (Å²) >= 11 is 0. The number of carbonyl (C=O) groups excluding carboxylic acids is 1. The van der Waals surface area contributed by atoms with Gasteiger partial charge in [-0.2, -0.15) is 0 Å². The fourth-order valence-electron chi connectivity index (χ4n) is 2.99. The Morgan fingerprint density at radius 3 is 2.44 bits per heavy atom. The minimum absolute atomic E-state index is 0.214. The zero-order chi connectivity index (χ0) is 13.3. The van der Waals surface area contributed by atoms with E-state index >= 15 is 0 Å². The van der Waals surface area contributed by atoms with Crippen LogP contribution in [0.5, 0.6) is 0 Å². The van der Waals surface area contributed by atoms with Gasteiger partial charge in [0.15, 0.2) is 0 Å². The van der Waals surface area contributed by atoms with Gasteiger partial charge in [-0.3, -0.25) is 4.79 Å². The molecule has 0 heterocycles. The molecule has 0 saturated heterocycles. The van der Waals surface area contributed by atoms with Crippen molar-refractivity contribution in [2.75, 3.05) is 0 Å². The molecule has 1 aliphatic carbocycles. The highest BCUT2D eigenvalue weighted by molar-refractivity contribution is 5.78. The SMILES string of the molecule is C=C1CCC(C)(c2ccc(CC(C)=O)cc2)C1C. The molecule has 2 unspecified atom stereocenters. The second-order valence-corrected chi connectivity index (χ2v) is 5.87. The van der Waals surface area contributed by atoms with Gasteiger partial charge in [0.1, 0.15) is 5.78 Å². The Morgan fingerprint density at radius 2 is 2.00 bits per heavy atom. The Balaban J connectivity index is 2.24. The summed E-state index contributed by atoms with van der Waals surface area (Å²) in [6, 6.07) is 8.56.